The Morgan fingerprint density at radius 3 is 3.00 bits per heavy atom. The number of likely N-dealkylation sites (tertiary alicyclic amines) is 1. The van der Waals surface area contributed by atoms with Crippen molar-refractivity contribution in [2.24, 2.45) is 11.3 Å². The summed E-state index contributed by atoms with van der Waals surface area (Å²) in [5, 5.41) is 4.71. The lowest BCUT2D eigenvalue weighted by Gasteiger charge is -2.24. The molecule has 1 aliphatic carbocycles. The van der Waals surface area contributed by atoms with Gasteiger partial charge in [0, 0.05) is 24.7 Å². The second-order valence-electron chi connectivity index (χ2n) is 7.76. The second-order valence-corrected chi connectivity index (χ2v) is 7.76. The molecule has 8 nitrogen and oxygen atoms in total. The van der Waals surface area contributed by atoms with E-state index in [1.54, 1.807) is 4.90 Å². The van der Waals surface area contributed by atoms with Gasteiger partial charge in [-0.05, 0) is 31.7 Å². The first kappa shape index (κ1) is 16.7. The van der Waals surface area contributed by atoms with Crippen LogP contribution in [0.2, 0.25) is 0 Å². The monoisotopic (exact) mass is 371 g/mol. The summed E-state index contributed by atoms with van der Waals surface area (Å²) in [5.41, 5.74) is 2.89. The molecule has 27 heavy (non-hydrogen) atoms. The molecule has 2 aromatic heterocycles. The quantitative estimate of drug-likeness (QED) is 0.734. The number of hydrogen-bond donors (Lipinski definition) is 0. The van der Waals surface area contributed by atoms with Crippen molar-refractivity contribution < 1.29 is 23.6 Å². The minimum Gasteiger partial charge on any atom is -0.468 e. The van der Waals surface area contributed by atoms with Crippen molar-refractivity contribution in [1.82, 2.24) is 15.0 Å². The predicted molar refractivity (Wildman–Crippen MR) is 93.2 cm³/mol. The van der Waals surface area contributed by atoms with Crippen molar-refractivity contribution in [3.63, 3.8) is 0 Å². The molecule has 4 heterocycles. The molecule has 3 aliphatic rings. The van der Waals surface area contributed by atoms with Crippen molar-refractivity contribution >= 4 is 23.0 Å². The van der Waals surface area contributed by atoms with E-state index in [0.29, 0.717) is 48.7 Å². The van der Waals surface area contributed by atoms with Gasteiger partial charge in [0.05, 0.1) is 37.0 Å². The number of esters is 1. The van der Waals surface area contributed by atoms with Crippen LogP contribution < -0.4 is 0 Å². The van der Waals surface area contributed by atoms with Crippen LogP contribution in [0.3, 0.4) is 0 Å². The van der Waals surface area contributed by atoms with Gasteiger partial charge >= 0.3 is 5.97 Å². The number of aromatic nitrogens is 2. The maximum atomic E-state index is 13.6. The van der Waals surface area contributed by atoms with E-state index in [2.05, 4.69) is 10.1 Å². The molecule has 2 saturated heterocycles. The smallest absolute Gasteiger partial charge is 0.316 e. The summed E-state index contributed by atoms with van der Waals surface area (Å²) in [6, 6.07) is 0. The third kappa shape index (κ3) is 2.19. The maximum Gasteiger partial charge on any atom is 0.316 e. The number of hydrogen-bond acceptors (Lipinski definition) is 7. The number of amides is 1. The second kappa shape index (κ2) is 5.76. The van der Waals surface area contributed by atoms with Crippen molar-refractivity contribution in [3.8, 4) is 0 Å². The molecular weight excluding hydrogens is 350 g/mol. The summed E-state index contributed by atoms with van der Waals surface area (Å²) in [4.78, 5) is 32.4. The molecule has 0 aromatic carbocycles. The van der Waals surface area contributed by atoms with E-state index >= 15 is 0 Å². The zero-order valence-electron chi connectivity index (χ0n) is 15.4. The highest BCUT2D eigenvalue weighted by atomic mass is 16.5. The molecule has 2 aromatic rings. The molecule has 2 atom stereocenters. The van der Waals surface area contributed by atoms with Crippen LogP contribution in [0.5, 0.6) is 0 Å². The molecule has 0 radical (unpaired) electrons. The fraction of sp³-hybridized carbons (Fsp3) is 0.579. The minimum atomic E-state index is -0.760. The maximum absolute atomic E-state index is 13.6. The minimum absolute atomic E-state index is 0.0390. The largest absolute Gasteiger partial charge is 0.468 e. The Morgan fingerprint density at radius 2 is 2.19 bits per heavy atom. The van der Waals surface area contributed by atoms with E-state index in [4.69, 9.17) is 14.0 Å². The summed E-state index contributed by atoms with van der Waals surface area (Å²) in [5.74, 6) is -0.418. The van der Waals surface area contributed by atoms with Gasteiger partial charge in [-0.15, -0.1) is 0 Å². The Kier molecular flexibility index (Phi) is 3.56. The molecule has 142 valence electrons. The summed E-state index contributed by atoms with van der Waals surface area (Å²) in [6.45, 7) is 3.39. The summed E-state index contributed by atoms with van der Waals surface area (Å²) < 4.78 is 15.9. The van der Waals surface area contributed by atoms with E-state index in [0.717, 1.165) is 30.5 Å². The van der Waals surface area contributed by atoms with Crippen LogP contribution in [-0.2, 0) is 27.1 Å². The lowest BCUT2D eigenvalue weighted by atomic mass is 9.81. The molecule has 0 N–H and O–H groups in total. The number of carbonyl (C=O) groups is 2. The Morgan fingerprint density at radius 1 is 1.33 bits per heavy atom. The highest BCUT2D eigenvalue weighted by Crippen LogP contribution is 2.43. The fourth-order valence-electron chi connectivity index (χ4n) is 4.89. The molecule has 0 saturated carbocycles. The lowest BCUT2D eigenvalue weighted by molar-refractivity contribution is -0.153. The molecule has 8 heteroatoms. The molecular formula is C19H21N3O5. The molecule has 2 aliphatic heterocycles. The normalized spacial score (nSPS) is 26.4. The van der Waals surface area contributed by atoms with Gasteiger partial charge in [0.1, 0.15) is 5.41 Å². The highest BCUT2D eigenvalue weighted by molar-refractivity contribution is 6.08. The molecule has 2 fully saturated rings. The number of ether oxygens (including phenoxy) is 2. The lowest BCUT2D eigenvalue weighted by Crippen LogP contribution is -2.41. The Balaban J connectivity index is 1.58. The van der Waals surface area contributed by atoms with Gasteiger partial charge in [0.25, 0.3) is 11.6 Å². The van der Waals surface area contributed by atoms with Crippen molar-refractivity contribution in [1.29, 1.82) is 0 Å². The Bertz CT molecular complexity index is 968. The molecule has 0 spiro atoms. The summed E-state index contributed by atoms with van der Waals surface area (Å²) >= 11 is 0. The summed E-state index contributed by atoms with van der Waals surface area (Å²) in [7, 11) is 1.39. The number of pyridine rings is 1. The van der Waals surface area contributed by atoms with E-state index in [-0.39, 0.29) is 17.8 Å². The first-order valence-electron chi connectivity index (χ1n) is 9.28. The number of aryl methyl sites for hydroxylation is 2. The van der Waals surface area contributed by atoms with Crippen molar-refractivity contribution in [2.45, 2.75) is 26.2 Å². The molecule has 0 unspecified atom stereocenters. The van der Waals surface area contributed by atoms with Gasteiger partial charge in [-0.1, -0.05) is 5.16 Å². The topological polar surface area (TPSA) is 94.8 Å². The van der Waals surface area contributed by atoms with Crippen LogP contribution in [0.25, 0.3) is 11.1 Å². The Hall–Kier alpha value is -2.48. The third-order valence-corrected chi connectivity index (χ3v) is 6.29. The predicted octanol–water partition coefficient (Wildman–Crippen LogP) is 1.28. The summed E-state index contributed by atoms with van der Waals surface area (Å²) in [6.07, 6.45) is 2.64. The van der Waals surface area contributed by atoms with Gasteiger partial charge in [-0.2, -0.15) is 0 Å². The average Bonchev–Trinajstić information content (AvgIpc) is 3.41. The van der Waals surface area contributed by atoms with Crippen LogP contribution in [0.4, 0.5) is 0 Å². The number of fused-ring (bicyclic) bond motifs is 3. The molecule has 1 amide bonds. The first-order valence-corrected chi connectivity index (χ1v) is 9.28. The fourth-order valence-corrected chi connectivity index (χ4v) is 4.89. The van der Waals surface area contributed by atoms with Crippen LogP contribution in [0, 0.1) is 18.3 Å². The third-order valence-electron chi connectivity index (χ3n) is 6.29. The molecule has 0 bridgehead atoms. The van der Waals surface area contributed by atoms with Gasteiger partial charge in [-0.3, -0.25) is 9.59 Å². The van der Waals surface area contributed by atoms with Gasteiger partial charge < -0.3 is 18.9 Å². The average molecular weight is 371 g/mol. The number of carbonyl (C=O) groups excluding carboxylic acids is 2. The highest BCUT2D eigenvalue weighted by Gasteiger charge is 2.58. The van der Waals surface area contributed by atoms with Crippen LogP contribution in [0.15, 0.2) is 4.52 Å². The SMILES string of the molecule is COC(=O)[C@@]12COC[C@@H]1CN(C(=O)c1c3c(nc4onc(C)c14)CCC3)C2. The van der Waals surface area contributed by atoms with Crippen LogP contribution >= 0.6 is 0 Å². The number of methoxy groups -OCH3 is 1. The van der Waals surface area contributed by atoms with E-state index in [1.807, 2.05) is 6.92 Å². The number of nitrogens with zero attached hydrogens (tertiary/aromatic N) is 3. The zero-order chi connectivity index (χ0) is 18.8. The van der Waals surface area contributed by atoms with Gasteiger partial charge in [0.2, 0.25) is 0 Å². The van der Waals surface area contributed by atoms with Gasteiger partial charge in [0.15, 0.2) is 0 Å². The van der Waals surface area contributed by atoms with Crippen LogP contribution in [0.1, 0.15) is 33.7 Å². The first-order chi connectivity index (χ1) is 13.0. The van der Waals surface area contributed by atoms with Crippen LogP contribution in [-0.4, -0.2) is 60.3 Å². The van der Waals surface area contributed by atoms with Crippen molar-refractivity contribution in [2.75, 3.05) is 33.4 Å². The van der Waals surface area contributed by atoms with E-state index < -0.39 is 5.41 Å². The van der Waals surface area contributed by atoms with Gasteiger partial charge in [-0.25, -0.2) is 4.98 Å². The zero-order valence-corrected chi connectivity index (χ0v) is 15.4. The molecule has 5 rings (SSSR count). The van der Waals surface area contributed by atoms with E-state index in [9.17, 15) is 9.59 Å². The standard InChI is InChI=1S/C19H21N3O5/c1-10-14-15(12-4-3-5-13(12)20-16(14)27-21-10)17(23)22-6-11-7-26-9-19(11,8-22)18(24)25-2/h11H,3-9H2,1-2H3/t11-,19-/m0/s1. The van der Waals surface area contributed by atoms with Crippen molar-refractivity contribution in [3.05, 3.63) is 22.5 Å². The van der Waals surface area contributed by atoms with E-state index in [1.165, 1.54) is 7.11 Å². The Labute approximate surface area is 155 Å². The number of rotatable bonds is 2.